The van der Waals surface area contributed by atoms with E-state index < -0.39 is 39.4 Å². The smallest absolute Gasteiger partial charge is 0.271 e. The fourth-order valence-electron chi connectivity index (χ4n) is 3.86. The van der Waals surface area contributed by atoms with Gasteiger partial charge in [-0.15, -0.1) is 0 Å². The van der Waals surface area contributed by atoms with Crippen LogP contribution < -0.4 is 0 Å². The summed E-state index contributed by atoms with van der Waals surface area (Å²) in [5.41, 5.74) is -0.355. The normalized spacial score (nSPS) is 21.8. The Kier molecular flexibility index (Phi) is 4.53. The molecular formula is C20H16F3NO4S. The number of imide groups is 1. The Labute approximate surface area is 165 Å². The minimum Gasteiger partial charge on any atom is -0.271 e. The van der Waals surface area contributed by atoms with Crippen LogP contribution in [0.4, 0.5) is 13.2 Å². The number of carbonyl (C=O) groups excluding carboxylic acids is 2. The zero-order valence-corrected chi connectivity index (χ0v) is 15.8. The second-order valence-corrected chi connectivity index (χ2v) is 9.36. The van der Waals surface area contributed by atoms with Crippen molar-refractivity contribution in [1.82, 2.24) is 4.90 Å². The van der Waals surface area contributed by atoms with Gasteiger partial charge in [0.05, 0.1) is 27.3 Å². The van der Waals surface area contributed by atoms with Crippen LogP contribution in [0.3, 0.4) is 0 Å². The van der Waals surface area contributed by atoms with Gasteiger partial charge >= 0.3 is 6.18 Å². The molecule has 2 aliphatic rings. The number of nitrogens with zero attached hydrogens (tertiary/aromatic N) is 1. The van der Waals surface area contributed by atoms with E-state index in [1.165, 1.54) is 0 Å². The first-order valence-corrected chi connectivity index (χ1v) is 10.6. The summed E-state index contributed by atoms with van der Waals surface area (Å²) in [6, 6.07) is 9.74. The van der Waals surface area contributed by atoms with Crippen LogP contribution in [0, 0.1) is 5.92 Å². The van der Waals surface area contributed by atoms with Crippen molar-refractivity contribution in [2.45, 2.75) is 30.0 Å². The largest absolute Gasteiger partial charge is 0.416 e. The van der Waals surface area contributed by atoms with Crippen LogP contribution in [0.5, 0.6) is 0 Å². The van der Waals surface area contributed by atoms with E-state index in [-0.39, 0.29) is 16.6 Å². The minimum absolute atomic E-state index is 0.309. The third kappa shape index (κ3) is 3.43. The monoisotopic (exact) mass is 423 g/mol. The number of hydrogen-bond acceptors (Lipinski definition) is 4. The molecule has 0 atom stereocenters. The number of rotatable bonds is 4. The van der Waals surface area contributed by atoms with Crippen molar-refractivity contribution in [3.63, 3.8) is 0 Å². The second kappa shape index (κ2) is 6.69. The molecule has 9 heteroatoms. The molecule has 2 aromatic rings. The lowest BCUT2D eigenvalue weighted by Gasteiger charge is -2.39. The maximum Gasteiger partial charge on any atom is 0.416 e. The van der Waals surface area contributed by atoms with Crippen LogP contribution in [-0.4, -0.2) is 36.9 Å². The van der Waals surface area contributed by atoms with Gasteiger partial charge in [-0.2, -0.15) is 13.2 Å². The van der Waals surface area contributed by atoms with Crippen LogP contribution in [0.15, 0.2) is 53.4 Å². The van der Waals surface area contributed by atoms with E-state index in [1.807, 2.05) is 0 Å². The highest BCUT2D eigenvalue weighted by Crippen LogP contribution is 2.38. The lowest BCUT2D eigenvalue weighted by molar-refractivity contribution is -0.137. The number of amides is 2. The maximum atomic E-state index is 12.8. The van der Waals surface area contributed by atoms with Crippen LogP contribution >= 0.6 is 0 Å². The number of fused-ring (bicyclic) bond motifs is 1. The van der Waals surface area contributed by atoms with Crippen molar-refractivity contribution in [2.75, 3.05) is 5.75 Å². The van der Waals surface area contributed by atoms with E-state index in [0.29, 0.717) is 30.0 Å². The van der Waals surface area contributed by atoms with Gasteiger partial charge in [0.2, 0.25) is 0 Å². The highest BCUT2D eigenvalue weighted by atomic mass is 32.2. The first-order chi connectivity index (χ1) is 13.6. The van der Waals surface area contributed by atoms with E-state index in [0.717, 1.165) is 23.1 Å². The number of carbonyl (C=O) groups is 2. The van der Waals surface area contributed by atoms with Gasteiger partial charge in [0.25, 0.3) is 11.8 Å². The predicted molar refractivity (Wildman–Crippen MR) is 97.0 cm³/mol. The van der Waals surface area contributed by atoms with Gasteiger partial charge in [0.15, 0.2) is 9.84 Å². The Morgan fingerprint density at radius 2 is 1.52 bits per heavy atom. The van der Waals surface area contributed by atoms with E-state index in [1.54, 1.807) is 24.3 Å². The molecule has 0 bridgehead atoms. The summed E-state index contributed by atoms with van der Waals surface area (Å²) in [6.45, 7) is 0. The first kappa shape index (κ1) is 19.6. The lowest BCUT2D eigenvalue weighted by Crippen LogP contribution is -2.49. The van der Waals surface area contributed by atoms with Gasteiger partial charge in [-0.25, -0.2) is 8.42 Å². The minimum atomic E-state index is -4.63. The van der Waals surface area contributed by atoms with Crippen molar-refractivity contribution >= 4 is 21.7 Å². The third-order valence-corrected chi connectivity index (χ3v) is 7.26. The molecule has 1 saturated carbocycles. The summed E-state index contributed by atoms with van der Waals surface area (Å²) in [7, 11) is -3.92. The number of halogens is 3. The van der Waals surface area contributed by atoms with Crippen LogP contribution in [0.1, 0.15) is 39.1 Å². The highest BCUT2D eigenvalue weighted by Gasteiger charge is 2.46. The maximum absolute atomic E-state index is 12.8. The molecule has 0 saturated heterocycles. The average Bonchev–Trinajstić information content (AvgIpc) is 2.89. The van der Waals surface area contributed by atoms with Crippen LogP contribution in [0.25, 0.3) is 0 Å². The molecule has 1 heterocycles. The molecule has 29 heavy (non-hydrogen) atoms. The topological polar surface area (TPSA) is 71.5 Å². The van der Waals surface area contributed by atoms with Gasteiger partial charge in [-0.1, -0.05) is 18.2 Å². The van der Waals surface area contributed by atoms with Crippen LogP contribution in [0.2, 0.25) is 0 Å². The SMILES string of the molecule is O=C1c2ccccc2C(=O)N1C1CC(CS(=O)(=O)c2cccc(C(F)(F)F)c2)C1. The molecule has 1 aliphatic heterocycles. The molecule has 152 valence electrons. The van der Waals surface area contributed by atoms with Crippen LogP contribution in [-0.2, 0) is 16.0 Å². The van der Waals surface area contributed by atoms with Crippen molar-refractivity contribution in [3.05, 3.63) is 65.2 Å². The summed E-state index contributed by atoms with van der Waals surface area (Å²) in [5, 5.41) is 0. The number of benzene rings is 2. The van der Waals surface area contributed by atoms with Gasteiger partial charge in [0.1, 0.15) is 0 Å². The van der Waals surface area contributed by atoms with Crippen molar-refractivity contribution in [1.29, 1.82) is 0 Å². The predicted octanol–water partition coefficient (Wildman–Crippen LogP) is 3.55. The zero-order valence-electron chi connectivity index (χ0n) is 15.0. The van der Waals surface area contributed by atoms with Gasteiger partial charge in [-0.05, 0) is 49.1 Å². The molecular weight excluding hydrogens is 407 g/mol. The Hall–Kier alpha value is -2.68. The molecule has 1 fully saturated rings. The fraction of sp³-hybridized carbons (Fsp3) is 0.300. The summed E-state index contributed by atoms with van der Waals surface area (Å²) in [5.74, 6) is -1.44. The average molecular weight is 423 g/mol. The molecule has 1 aliphatic carbocycles. The third-order valence-electron chi connectivity index (χ3n) is 5.38. The standard InChI is InChI=1S/C20H16F3NO4S/c21-20(22,23)13-4-3-5-15(10-13)29(27,28)11-12-8-14(9-12)24-18(25)16-6-1-2-7-17(16)19(24)26/h1-7,10,12,14H,8-9,11H2. The summed E-state index contributed by atoms with van der Waals surface area (Å²) >= 11 is 0. The van der Waals surface area contributed by atoms with E-state index >= 15 is 0 Å². The summed E-state index contributed by atoms with van der Waals surface area (Å²) in [6.07, 6.45) is -4.01. The van der Waals surface area contributed by atoms with Gasteiger partial charge in [0, 0.05) is 6.04 Å². The van der Waals surface area contributed by atoms with Gasteiger partial charge < -0.3 is 0 Å². The molecule has 5 nitrogen and oxygen atoms in total. The molecule has 4 rings (SSSR count). The van der Waals surface area contributed by atoms with Crippen molar-refractivity contribution < 1.29 is 31.2 Å². The summed E-state index contributed by atoms with van der Waals surface area (Å²) < 4.78 is 63.6. The zero-order chi connectivity index (χ0) is 21.0. The molecule has 0 spiro atoms. The van der Waals surface area contributed by atoms with Crippen molar-refractivity contribution in [2.24, 2.45) is 5.92 Å². The van der Waals surface area contributed by atoms with E-state index in [9.17, 15) is 31.2 Å². The number of hydrogen-bond donors (Lipinski definition) is 0. The lowest BCUT2D eigenvalue weighted by atomic mass is 9.80. The Morgan fingerprint density at radius 3 is 2.07 bits per heavy atom. The fourth-order valence-corrected chi connectivity index (χ4v) is 5.54. The van der Waals surface area contributed by atoms with E-state index in [2.05, 4.69) is 0 Å². The van der Waals surface area contributed by atoms with Gasteiger partial charge in [-0.3, -0.25) is 14.5 Å². The highest BCUT2D eigenvalue weighted by molar-refractivity contribution is 7.91. The molecule has 0 aromatic heterocycles. The van der Waals surface area contributed by atoms with E-state index in [4.69, 9.17) is 0 Å². The number of alkyl halides is 3. The first-order valence-electron chi connectivity index (χ1n) is 8.95. The quantitative estimate of drug-likeness (QED) is 0.705. The molecule has 2 aromatic carbocycles. The Bertz CT molecular complexity index is 1070. The number of sulfone groups is 1. The molecule has 2 amide bonds. The molecule has 0 N–H and O–H groups in total. The Morgan fingerprint density at radius 1 is 0.931 bits per heavy atom. The van der Waals surface area contributed by atoms with Crippen molar-refractivity contribution in [3.8, 4) is 0 Å². The Balaban J connectivity index is 1.44. The molecule has 0 unspecified atom stereocenters. The second-order valence-electron chi connectivity index (χ2n) is 7.32. The molecule has 0 radical (unpaired) electrons. The summed E-state index contributed by atoms with van der Waals surface area (Å²) in [4.78, 5) is 25.7.